The molecule has 1 saturated heterocycles. The molecule has 166 valence electrons. The predicted molar refractivity (Wildman–Crippen MR) is 126 cm³/mol. The summed E-state index contributed by atoms with van der Waals surface area (Å²) in [6, 6.07) is 17.2. The summed E-state index contributed by atoms with van der Waals surface area (Å²) in [6.45, 7) is 6.28. The molecule has 3 heterocycles. The van der Waals surface area contributed by atoms with Gasteiger partial charge in [0.15, 0.2) is 11.5 Å². The zero-order chi connectivity index (χ0) is 23.1. The molecule has 5 rings (SSSR count). The van der Waals surface area contributed by atoms with Gasteiger partial charge in [-0.1, -0.05) is 18.2 Å². The largest absolute Gasteiger partial charge is 0.326 e. The van der Waals surface area contributed by atoms with E-state index in [2.05, 4.69) is 20.6 Å². The summed E-state index contributed by atoms with van der Waals surface area (Å²) in [7, 11) is 0. The first-order valence-corrected chi connectivity index (χ1v) is 10.9. The number of rotatable bonds is 4. The van der Waals surface area contributed by atoms with E-state index < -0.39 is 5.92 Å². The number of anilines is 2. The maximum absolute atomic E-state index is 13.0. The van der Waals surface area contributed by atoms with Crippen molar-refractivity contribution in [3.8, 4) is 11.3 Å². The first-order valence-electron chi connectivity index (χ1n) is 10.9. The molecule has 2 amide bonds. The maximum Gasteiger partial charge on any atom is 0.229 e. The zero-order valence-electron chi connectivity index (χ0n) is 18.7. The number of carbonyl (C=O) groups is 2. The standard InChI is InChI=1S/C25H24N6O2/c1-15-7-8-21(11-16(15)2)30-14-19(13-24(30)32)25(33)26-20-6-4-5-18(12-20)22-9-10-23-28-27-17(3)31(23)29-22/h4-12,19H,13-14H2,1-3H3,(H,26,33). The molecule has 1 N–H and O–H groups in total. The van der Waals surface area contributed by atoms with Crippen LogP contribution in [0.3, 0.4) is 0 Å². The second-order valence-corrected chi connectivity index (χ2v) is 8.48. The van der Waals surface area contributed by atoms with Crippen LogP contribution in [0, 0.1) is 26.7 Å². The molecule has 0 radical (unpaired) electrons. The molecule has 0 spiro atoms. The molecule has 0 bridgehead atoms. The van der Waals surface area contributed by atoms with E-state index in [1.54, 1.807) is 9.42 Å². The maximum atomic E-state index is 13.0. The van der Waals surface area contributed by atoms with E-state index in [1.807, 2.05) is 75.4 Å². The highest BCUT2D eigenvalue weighted by atomic mass is 16.2. The lowest BCUT2D eigenvalue weighted by Crippen LogP contribution is -2.28. The number of aryl methyl sites for hydroxylation is 3. The molecule has 4 aromatic rings. The second kappa shape index (κ2) is 8.12. The van der Waals surface area contributed by atoms with Crippen molar-refractivity contribution in [3.63, 3.8) is 0 Å². The van der Waals surface area contributed by atoms with Gasteiger partial charge in [-0.05, 0) is 68.3 Å². The predicted octanol–water partition coefficient (Wildman–Crippen LogP) is 3.71. The van der Waals surface area contributed by atoms with E-state index in [1.165, 1.54) is 5.56 Å². The normalized spacial score (nSPS) is 15.9. The van der Waals surface area contributed by atoms with Crippen LogP contribution in [-0.2, 0) is 9.59 Å². The Morgan fingerprint density at radius 2 is 1.85 bits per heavy atom. The van der Waals surface area contributed by atoms with Gasteiger partial charge in [-0.15, -0.1) is 10.2 Å². The Morgan fingerprint density at radius 1 is 1.00 bits per heavy atom. The van der Waals surface area contributed by atoms with Crippen LogP contribution < -0.4 is 10.2 Å². The highest BCUT2D eigenvalue weighted by Gasteiger charge is 2.35. The van der Waals surface area contributed by atoms with E-state index in [0.717, 1.165) is 22.5 Å². The van der Waals surface area contributed by atoms with Crippen molar-refractivity contribution >= 4 is 28.8 Å². The minimum Gasteiger partial charge on any atom is -0.326 e. The van der Waals surface area contributed by atoms with Crippen LogP contribution in [0.15, 0.2) is 54.6 Å². The molecule has 2 aromatic carbocycles. The molecule has 8 nitrogen and oxygen atoms in total. The number of hydrogen-bond acceptors (Lipinski definition) is 5. The fraction of sp³-hybridized carbons (Fsp3) is 0.240. The molecule has 1 unspecified atom stereocenters. The molecule has 1 fully saturated rings. The summed E-state index contributed by atoms with van der Waals surface area (Å²) in [5.74, 6) is 0.103. The molecule has 8 heteroatoms. The number of amides is 2. The molecule has 0 aliphatic carbocycles. The Hall–Kier alpha value is -4.07. The summed E-state index contributed by atoms with van der Waals surface area (Å²) in [6.07, 6.45) is 0.198. The first-order chi connectivity index (χ1) is 15.9. The van der Waals surface area contributed by atoms with Gasteiger partial charge in [0.25, 0.3) is 0 Å². The number of nitrogens with one attached hydrogen (secondary N) is 1. The molecular weight excluding hydrogens is 416 g/mol. The zero-order valence-corrected chi connectivity index (χ0v) is 18.7. The third kappa shape index (κ3) is 3.95. The van der Waals surface area contributed by atoms with Gasteiger partial charge in [0.1, 0.15) is 0 Å². The van der Waals surface area contributed by atoms with Crippen LogP contribution in [0.5, 0.6) is 0 Å². The Balaban J connectivity index is 1.32. The first kappa shape index (κ1) is 20.8. The van der Waals surface area contributed by atoms with Crippen molar-refractivity contribution in [3.05, 3.63) is 71.5 Å². The van der Waals surface area contributed by atoms with Crippen molar-refractivity contribution < 1.29 is 9.59 Å². The molecule has 2 aromatic heterocycles. The van der Waals surface area contributed by atoms with Crippen molar-refractivity contribution in [1.82, 2.24) is 19.8 Å². The molecule has 0 saturated carbocycles. The van der Waals surface area contributed by atoms with Gasteiger partial charge in [0, 0.05) is 29.9 Å². The molecular formula is C25H24N6O2. The third-order valence-electron chi connectivity index (χ3n) is 6.14. The third-order valence-corrected chi connectivity index (χ3v) is 6.14. The van der Waals surface area contributed by atoms with Gasteiger partial charge in [0.05, 0.1) is 11.6 Å². The Morgan fingerprint density at radius 3 is 2.67 bits per heavy atom. The van der Waals surface area contributed by atoms with E-state index in [9.17, 15) is 9.59 Å². The van der Waals surface area contributed by atoms with E-state index >= 15 is 0 Å². The van der Waals surface area contributed by atoms with Crippen molar-refractivity contribution in [2.75, 3.05) is 16.8 Å². The fourth-order valence-electron chi connectivity index (χ4n) is 4.08. The Labute approximate surface area is 191 Å². The van der Waals surface area contributed by atoms with Crippen LogP contribution >= 0.6 is 0 Å². The molecule has 1 atom stereocenters. The van der Waals surface area contributed by atoms with Crippen LogP contribution in [-0.4, -0.2) is 38.2 Å². The number of nitrogens with zero attached hydrogens (tertiary/aromatic N) is 5. The van der Waals surface area contributed by atoms with Gasteiger partial charge >= 0.3 is 0 Å². The van der Waals surface area contributed by atoms with Crippen LogP contribution in [0.2, 0.25) is 0 Å². The highest BCUT2D eigenvalue weighted by molar-refractivity contribution is 6.03. The van der Waals surface area contributed by atoms with Gasteiger partial charge in [-0.25, -0.2) is 0 Å². The quantitative estimate of drug-likeness (QED) is 0.522. The summed E-state index contributed by atoms with van der Waals surface area (Å²) in [5, 5.41) is 15.7. The Bertz CT molecular complexity index is 1390. The highest BCUT2D eigenvalue weighted by Crippen LogP contribution is 2.28. The van der Waals surface area contributed by atoms with Gasteiger partial charge in [-0.3, -0.25) is 9.59 Å². The van der Waals surface area contributed by atoms with E-state index in [-0.39, 0.29) is 18.2 Å². The number of carbonyl (C=O) groups excluding carboxylic acids is 2. The minimum absolute atomic E-state index is 0.0334. The molecule has 1 aliphatic heterocycles. The van der Waals surface area contributed by atoms with Crippen molar-refractivity contribution in [2.45, 2.75) is 27.2 Å². The summed E-state index contributed by atoms with van der Waals surface area (Å²) in [4.78, 5) is 27.3. The lowest BCUT2D eigenvalue weighted by Gasteiger charge is -2.18. The Kier molecular flexibility index (Phi) is 5.12. The monoisotopic (exact) mass is 440 g/mol. The van der Waals surface area contributed by atoms with E-state index in [4.69, 9.17) is 0 Å². The smallest absolute Gasteiger partial charge is 0.229 e. The molecule has 1 aliphatic rings. The number of fused-ring (bicyclic) bond motifs is 1. The van der Waals surface area contributed by atoms with Crippen molar-refractivity contribution in [1.29, 1.82) is 0 Å². The van der Waals surface area contributed by atoms with E-state index in [0.29, 0.717) is 23.7 Å². The average molecular weight is 441 g/mol. The summed E-state index contributed by atoms with van der Waals surface area (Å²) >= 11 is 0. The molecule has 33 heavy (non-hydrogen) atoms. The average Bonchev–Trinajstić information content (AvgIpc) is 3.38. The minimum atomic E-state index is -0.406. The van der Waals surface area contributed by atoms with Gasteiger partial charge < -0.3 is 10.2 Å². The summed E-state index contributed by atoms with van der Waals surface area (Å²) < 4.78 is 1.69. The number of hydrogen-bond donors (Lipinski definition) is 1. The topological polar surface area (TPSA) is 92.5 Å². The van der Waals surface area contributed by atoms with Crippen LogP contribution in [0.25, 0.3) is 16.9 Å². The van der Waals surface area contributed by atoms with Gasteiger partial charge in [-0.2, -0.15) is 9.61 Å². The second-order valence-electron chi connectivity index (χ2n) is 8.48. The SMILES string of the molecule is Cc1ccc(N2CC(C(=O)Nc3cccc(-c4ccc5nnc(C)n5n4)c3)CC2=O)cc1C. The summed E-state index contributed by atoms with van der Waals surface area (Å²) in [5.41, 5.74) is 6.09. The van der Waals surface area contributed by atoms with Gasteiger partial charge in [0.2, 0.25) is 11.8 Å². The number of aromatic nitrogens is 4. The number of benzene rings is 2. The lowest BCUT2D eigenvalue weighted by molar-refractivity contribution is -0.122. The fourth-order valence-corrected chi connectivity index (χ4v) is 4.08. The van der Waals surface area contributed by atoms with Crippen LogP contribution in [0.1, 0.15) is 23.4 Å². The van der Waals surface area contributed by atoms with Crippen molar-refractivity contribution in [2.24, 2.45) is 5.92 Å². The lowest BCUT2D eigenvalue weighted by atomic mass is 10.1. The van der Waals surface area contributed by atoms with Crippen LogP contribution in [0.4, 0.5) is 11.4 Å².